The van der Waals surface area contributed by atoms with Crippen LogP contribution in [-0.2, 0) is 0 Å². The van der Waals surface area contributed by atoms with Gasteiger partial charge in [0, 0.05) is 0 Å². The number of aryl methyl sites for hydroxylation is 1. The van der Waals surface area contributed by atoms with Gasteiger partial charge >= 0.3 is 0 Å². The molecule has 3 nitrogen and oxygen atoms in total. The lowest BCUT2D eigenvalue weighted by Crippen LogP contribution is -2.29. The van der Waals surface area contributed by atoms with Gasteiger partial charge in [-0.15, -0.1) is 0 Å². The first-order valence-electron chi connectivity index (χ1n) is 5.85. The maximum absolute atomic E-state index is 9.67. The SMILES string of the molecule is Cc1cc(N)c(O)cc1C1CCN(C)CC1. The van der Waals surface area contributed by atoms with E-state index in [1.165, 1.54) is 24.0 Å². The number of hydrogen-bond acceptors (Lipinski definition) is 3. The third-order valence-corrected chi connectivity index (χ3v) is 3.57. The number of hydrogen-bond donors (Lipinski definition) is 2. The second-order valence-electron chi connectivity index (χ2n) is 4.85. The molecule has 0 saturated carbocycles. The van der Waals surface area contributed by atoms with Gasteiger partial charge in [-0.1, -0.05) is 0 Å². The van der Waals surface area contributed by atoms with E-state index in [9.17, 15) is 5.11 Å². The van der Waals surface area contributed by atoms with Gasteiger partial charge in [0.15, 0.2) is 0 Å². The summed E-state index contributed by atoms with van der Waals surface area (Å²) < 4.78 is 0. The van der Waals surface area contributed by atoms with Crippen LogP contribution < -0.4 is 5.73 Å². The lowest BCUT2D eigenvalue weighted by atomic mass is 9.86. The minimum atomic E-state index is 0.222. The molecule has 1 aliphatic heterocycles. The van der Waals surface area contributed by atoms with Crippen LogP contribution in [0.4, 0.5) is 5.69 Å². The molecule has 0 bridgehead atoms. The van der Waals surface area contributed by atoms with Gasteiger partial charge in [-0.25, -0.2) is 0 Å². The van der Waals surface area contributed by atoms with Crippen molar-refractivity contribution < 1.29 is 5.11 Å². The Morgan fingerprint density at radius 2 is 1.94 bits per heavy atom. The van der Waals surface area contributed by atoms with Gasteiger partial charge in [0.1, 0.15) is 5.75 Å². The van der Waals surface area contributed by atoms with Crippen LogP contribution >= 0.6 is 0 Å². The molecule has 3 heteroatoms. The van der Waals surface area contributed by atoms with Crippen LogP contribution in [0.2, 0.25) is 0 Å². The topological polar surface area (TPSA) is 49.5 Å². The van der Waals surface area contributed by atoms with E-state index in [2.05, 4.69) is 18.9 Å². The number of rotatable bonds is 1. The molecule has 0 aliphatic carbocycles. The maximum atomic E-state index is 9.67. The zero-order valence-corrected chi connectivity index (χ0v) is 10.0. The van der Waals surface area contributed by atoms with E-state index in [-0.39, 0.29) is 5.75 Å². The number of anilines is 1. The van der Waals surface area contributed by atoms with Crippen LogP contribution in [0.25, 0.3) is 0 Å². The highest BCUT2D eigenvalue weighted by Gasteiger charge is 2.20. The van der Waals surface area contributed by atoms with E-state index in [0.717, 1.165) is 13.1 Å². The first-order chi connectivity index (χ1) is 7.58. The van der Waals surface area contributed by atoms with Gasteiger partial charge in [-0.05, 0) is 69.1 Å². The van der Waals surface area contributed by atoms with Crippen molar-refractivity contribution in [1.82, 2.24) is 4.90 Å². The molecule has 16 heavy (non-hydrogen) atoms. The number of nitrogens with two attached hydrogens (primary N) is 1. The van der Waals surface area contributed by atoms with Crippen molar-refractivity contribution in [3.63, 3.8) is 0 Å². The highest BCUT2D eigenvalue weighted by atomic mass is 16.3. The van der Waals surface area contributed by atoms with Crippen molar-refractivity contribution in [2.75, 3.05) is 25.9 Å². The fourth-order valence-corrected chi connectivity index (χ4v) is 2.49. The number of piperidine rings is 1. The van der Waals surface area contributed by atoms with Crippen molar-refractivity contribution in [3.05, 3.63) is 23.3 Å². The summed E-state index contributed by atoms with van der Waals surface area (Å²) in [5, 5.41) is 9.67. The van der Waals surface area contributed by atoms with Gasteiger partial charge < -0.3 is 15.7 Å². The van der Waals surface area contributed by atoms with Crippen LogP contribution in [-0.4, -0.2) is 30.1 Å². The Morgan fingerprint density at radius 3 is 2.56 bits per heavy atom. The molecule has 1 fully saturated rings. The number of nitrogen functional groups attached to an aromatic ring is 1. The Balaban J connectivity index is 2.23. The zero-order valence-electron chi connectivity index (χ0n) is 10.0. The van der Waals surface area contributed by atoms with Crippen molar-refractivity contribution in [2.45, 2.75) is 25.7 Å². The van der Waals surface area contributed by atoms with Crippen molar-refractivity contribution in [1.29, 1.82) is 0 Å². The average Bonchev–Trinajstić information content (AvgIpc) is 2.25. The molecule has 0 spiro atoms. The zero-order chi connectivity index (χ0) is 11.7. The van der Waals surface area contributed by atoms with Crippen molar-refractivity contribution >= 4 is 5.69 Å². The van der Waals surface area contributed by atoms with Gasteiger partial charge in [0.25, 0.3) is 0 Å². The summed E-state index contributed by atoms with van der Waals surface area (Å²) in [6.45, 7) is 4.34. The molecule has 1 saturated heterocycles. The molecule has 1 aliphatic rings. The highest BCUT2D eigenvalue weighted by Crippen LogP contribution is 2.34. The standard InChI is InChI=1S/C13H20N2O/c1-9-7-12(14)13(16)8-11(9)10-3-5-15(2)6-4-10/h7-8,10,16H,3-6,14H2,1-2H3. The van der Waals surface area contributed by atoms with E-state index in [1.807, 2.05) is 12.1 Å². The monoisotopic (exact) mass is 220 g/mol. The van der Waals surface area contributed by atoms with Gasteiger partial charge in [0.05, 0.1) is 5.69 Å². The van der Waals surface area contributed by atoms with E-state index >= 15 is 0 Å². The Morgan fingerprint density at radius 1 is 1.31 bits per heavy atom. The maximum Gasteiger partial charge on any atom is 0.138 e. The minimum Gasteiger partial charge on any atom is -0.506 e. The number of nitrogens with zero attached hydrogens (tertiary/aromatic N) is 1. The van der Waals surface area contributed by atoms with E-state index < -0.39 is 0 Å². The summed E-state index contributed by atoms with van der Waals surface area (Å²) in [6, 6.07) is 3.73. The molecule has 88 valence electrons. The molecule has 1 aromatic rings. The van der Waals surface area contributed by atoms with Crippen molar-refractivity contribution in [2.24, 2.45) is 0 Å². The molecule has 1 heterocycles. The highest BCUT2D eigenvalue weighted by molar-refractivity contribution is 5.56. The number of phenols is 1. The molecule has 2 rings (SSSR count). The first kappa shape index (κ1) is 11.3. The van der Waals surface area contributed by atoms with Crippen LogP contribution in [0.3, 0.4) is 0 Å². The second kappa shape index (κ2) is 4.34. The molecular formula is C13H20N2O. The fraction of sp³-hybridized carbons (Fsp3) is 0.538. The Kier molecular flexibility index (Phi) is 3.06. The first-order valence-corrected chi connectivity index (χ1v) is 5.85. The molecular weight excluding hydrogens is 200 g/mol. The molecule has 3 N–H and O–H groups in total. The number of likely N-dealkylation sites (tertiary alicyclic amines) is 1. The van der Waals surface area contributed by atoms with Crippen LogP contribution in [0.5, 0.6) is 5.75 Å². The second-order valence-corrected chi connectivity index (χ2v) is 4.85. The average molecular weight is 220 g/mol. The van der Waals surface area contributed by atoms with E-state index in [0.29, 0.717) is 11.6 Å². The van der Waals surface area contributed by atoms with E-state index in [4.69, 9.17) is 5.73 Å². The number of aromatic hydroxyl groups is 1. The van der Waals surface area contributed by atoms with Gasteiger partial charge in [-0.2, -0.15) is 0 Å². The molecule has 1 aromatic carbocycles. The summed E-state index contributed by atoms with van der Waals surface area (Å²) in [7, 11) is 2.16. The molecule has 0 atom stereocenters. The predicted molar refractivity (Wildman–Crippen MR) is 66.7 cm³/mol. The molecule has 0 radical (unpaired) electrons. The number of phenolic OH excluding ortho intramolecular Hbond substituents is 1. The quantitative estimate of drug-likeness (QED) is 0.563. The largest absolute Gasteiger partial charge is 0.506 e. The summed E-state index contributed by atoms with van der Waals surface area (Å²) in [5.74, 6) is 0.794. The molecule has 0 unspecified atom stereocenters. The fourth-order valence-electron chi connectivity index (χ4n) is 2.49. The summed E-state index contributed by atoms with van der Waals surface area (Å²) in [6.07, 6.45) is 2.33. The number of benzene rings is 1. The summed E-state index contributed by atoms with van der Waals surface area (Å²) in [5.41, 5.74) is 8.63. The smallest absolute Gasteiger partial charge is 0.138 e. The Bertz CT molecular complexity index is 382. The van der Waals surface area contributed by atoms with Crippen LogP contribution in [0, 0.1) is 6.92 Å². The molecule has 0 aromatic heterocycles. The van der Waals surface area contributed by atoms with Crippen LogP contribution in [0.1, 0.15) is 29.9 Å². The predicted octanol–water partition coefficient (Wildman–Crippen LogP) is 2.09. The Labute approximate surface area is 96.9 Å². The molecule has 0 amide bonds. The lowest BCUT2D eigenvalue weighted by molar-refractivity contribution is 0.255. The Hall–Kier alpha value is -1.22. The summed E-state index contributed by atoms with van der Waals surface area (Å²) in [4.78, 5) is 2.35. The lowest BCUT2D eigenvalue weighted by Gasteiger charge is -2.30. The summed E-state index contributed by atoms with van der Waals surface area (Å²) >= 11 is 0. The van der Waals surface area contributed by atoms with Gasteiger partial charge in [0.2, 0.25) is 0 Å². The third-order valence-electron chi connectivity index (χ3n) is 3.57. The normalized spacial score (nSPS) is 18.9. The van der Waals surface area contributed by atoms with Crippen LogP contribution in [0.15, 0.2) is 12.1 Å². The van der Waals surface area contributed by atoms with E-state index in [1.54, 1.807) is 0 Å². The van der Waals surface area contributed by atoms with Gasteiger partial charge in [-0.3, -0.25) is 0 Å². The minimum absolute atomic E-state index is 0.222. The van der Waals surface area contributed by atoms with Crippen molar-refractivity contribution in [3.8, 4) is 5.75 Å². The third kappa shape index (κ3) is 2.14.